The Morgan fingerprint density at radius 3 is 2.19 bits per heavy atom. The van der Waals surface area contributed by atoms with Crippen molar-refractivity contribution < 1.29 is 9.53 Å². The molecule has 0 aliphatic heterocycles. The third-order valence-corrected chi connectivity index (χ3v) is 4.97. The van der Waals surface area contributed by atoms with Gasteiger partial charge in [0.1, 0.15) is 6.10 Å². The lowest BCUT2D eigenvalue weighted by atomic mass is 9.82. The molecule has 0 N–H and O–H groups in total. The average Bonchev–Trinajstić information content (AvgIpc) is 2.86. The van der Waals surface area contributed by atoms with E-state index in [0.717, 1.165) is 36.5 Å². The van der Waals surface area contributed by atoms with Crippen molar-refractivity contribution in [2.45, 2.75) is 45.1 Å². The van der Waals surface area contributed by atoms with E-state index in [2.05, 4.69) is 6.58 Å². The quantitative estimate of drug-likeness (QED) is 0.528. The van der Waals surface area contributed by atoms with Crippen LogP contribution < -0.4 is 0 Å². The Labute approximate surface area is 97.1 Å². The molecule has 0 amide bonds. The smallest absolute Gasteiger partial charge is 0.333 e. The van der Waals surface area contributed by atoms with E-state index in [1.807, 2.05) is 0 Å². The molecule has 0 heterocycles. The van der Waals surface area contributed by atoms with Crippen LogP contribution in [-0.2, 0) is 9.53 Å². The molecule has 0 radical (unpaired) electrons. The van der Waals surface area contributed by atoms with Gasteiger partial charge < -0.3 is 4.74 Å². The van der Waals surface area contributed by atoms with Crippen LogP contribution in [0.3, 0.4) is 0 Å². The molecule has 3 saturated carbocycles. The van der Waals surface area contributed by atoms with E-state index in [9.17, 15) is 4.79 Å². The van der Waals surface area contributed by atoms with Gasteiger partial charge in [0.15, 0.2) is 0 Å². The summed E-state index contributed by atoms with van der Waals surface area (Å²) in [5.74, 6) is 3.42. The van der Waals surface area contributed by atoms with Crippen molar-refractivity contribution in [2.75, 3.05) is 0 Å². The predicted octanol–water partition coefficient (Wildman–Crippen LogP) is 2.93. The largest absolute Gasteiger partial charge is 0.459 e. The van der Waals surface area contributed by atoms with Crippen LogP contribution in [0.4, 0.5) is 0 Å². The van der Waals surface area contributed by atoms with Crippen molar-refractivity contribution in [3.8, 4) is 0 Å². The third-order valence-electron chi connectivity index (χ3n) is 4.97. The lowest BCUT2D eigenvalue weighted by Gasteiger charge is -2.23. The summed E-state index contributed by atoms with van der Waals surface area (Å²) in [5.41, 5.74) is 0.528. The molecule has 3 aliphatic carbocycles. The normalized spacial score (nSPS) is 44.4. The van der Waals surface area contributed by atoms with E-state index in [1.54, 1.807) is 6.92 Å². The van der Waals surface area contributed by atoms with E-state index in [1.165, 1.54) is 19.3 Å². The molecular formula is C14H20O2. The highest BCUT2D eigenvalue weighted by atomic mass is 16.5. The summed E-state index contributed by atoms with van der Waals surface area (Å²) in [6.07, 6.45) is 6.72. The Morgan fingerprint density at radius 1 is 1.12 bits per heavy atom. The zero-order valence-electron chi connectivity index (χ0n) is 9.95. The number of esters is 1. The topological polar surface area (TPSA) is 26.3 Å². The minimum Gasteiger partial charge on any atom is -0.459 e. The Balaban J connectivity index is 1.62. The molecule has 3 rings (SSSR count). The maximum Gasteiger partial charge on any atom is 0.333 e. The van der Waals surface area contributed by atoms with E-state index >= 15 is 0 Å². The van der Waals surface area contributed by atoms with Crippen molar-refractivity contribution in [1.82, 2.24) is 0 Å². The number of fused-ring (bicyclic) bond motifs is 5. The zero-order valence-corrected chi connectivity index (χ0v) is 9.95. The van der Waals surface area contributed by atoms with Gasteiger partial charge in [-0.2, -0.15) is 0 Å². The molecule has 0 aromatic carbocycles. The summed E-state index contributed by atoms with van der Waals surface area (Å²) < 4.78 is 5.50. The number of rotatable bonds is 2. The molecule has 2 bridgehead atoms. The Kier molecular flexibility index (Phi) is 2.34. The molecule has 0 spiro atoms. The number of hydrogen-bond acceptors (Lipinski definition) is 2. The summed E-state index contributed by atoms with van der Waals surface area (Å²) in [6.45, 7) is 5.36. The van der Waals surface area contributed by atoms with Gasteiger partial charge >= 0.3 is 5.97 Å². The van der Waals surface area contributed by atoms with E-state index in [4.69, 9.17) is 4.74 Å². The fourth-order valence-corrected chi connectivity index (χ4v) is 4.32. The number of carbonyl (C=O) groups excluding carboxylic acids is 1. The summed E-state index contributed by atoms with van der Waals surface area (Å²) in [5, 5.41) is 0. The van der Waals surface area contributed by atoms with Gasteiger partial charge in [0.25, 0.3) is 0 Å². The maximum absolute atomic E-state index is 11.5. The number of hydrogen-bond donors (Lipinski definition) is 0. The summed E-state index contributed by atoms with van der Waals surface area (Å²) in [4.78, 5) is 11.5. The van der Waals surface area contributed by atoms with Crippen LogP contribution in [0, 0.1) is 23.7 Å². The second-order valence-corrected chi connectivity index (χ2v) is 5.94. The van der Waals surface area contributed by atoms with Crippen molar-refractivity contribution in [3.63, 3.8) is 0 Å². The van der Waals surface area contributed by atoms with Crippen molar-refractivity contribution >= 4 is 5.97 Å². The molecule has 2 nitrogen and oxygen atoms in total. The molecule has 88 valence electrons. The minimum atomic E-state index is -0.197. The van der Waals surface area contributed by atoms with Crippen LogP contribution in [0.1, 0.15) is 39.0 Å². The highest BCUT2D eigenvalue weighted by Gasteiger charge is 2.52. The van der Waals surface area contributed by atoms with Crippen molar-refractivity contribution in [2.24, 2.45) is 23.7 Å². The molecule has 1 unspecified atom stereocenters. The van der Waals surface area contributed by atoms with Crippen LogP contribution in [0.15, 0.2) is 12.2 Å². The Hall–Kier alpha value is -0.790. The third kappa shape index (κ3) is 1.50. The number of carbonyl (C=O) groups is 1. The van der Waals surface area contributed by atoms with Gasteiger partial charge in [-0.3, -0.25) is 0 Å². The summed E-state index contributed by atoms with van der Waals surface area (Å²) >= 11 is 0. The molecule has 0 saturated heterocycles. The standard InChI is InChI=1S/C14H20O2/c1-8(2)14(15)16-11-6-12-9-3-4-10(5-9)13(12)7-11/h9-13H,1,3-7H2,2H3/t9-,10+,11?,12-,13-/m0/s1. The molecule has 0 aromatic rings. The molecular weight excluding hydrogens is 200 g/mol. The predicted molar refractivity (Wildman–Crippen MR) is 61.7 cm³/mol. The molecule has 3 fully saturated rings. The monoisotopic (exact) mass is 220 g/mol. The van der Waals surface area contributed by atoms with Crippen LogP contribution in [0.25, 0.3) is 0 Å². The van der Waals surface area contributed by atoms with Gasteiger partial charge in [-0.1, -0.05) is 6.58 Å². The van der Waals surface area contributed by atoms with Crippen LogP contribution in [0.2, 0.25) is 0 Å². The summed E-state index contributed by atoms with van der Waals surface area (Å²) in [7, 11) is 0. The first kappa shape index (κ1) is 10.4. The lowest BCUT2D eigenvalue weighted by Crippen LogP contribution is -2.16. The van der Waals surface area contributed by atoms with Gasteiger partial charge in [0.2, 0.25) is 0 Å². The van der Waals surface area contributed by atoms with Gasteiger partial charge in [-0.15, -0.1) is 0 Å². The molecule has 2 heteroatoms. The van der Waals surface area contributed by atoms with Crippen molar-refractivity contribution in [3.05, 3.63) is 12.2 Å². The van der Waals surface area contributed by atoms with Crippen LogP contribution in [0.5, 0.6) is 0 Å². The average molecular weight is 220 g/mol. The molecule has 0 aromatic heterocycles. The fraction of sp³-hybridized carbons (Fsp3) is 0.786. The number of ether oxygens (including phenoxy) is 1. The highest BCUT2D eigenvalue weighted by Crippen LogP contribution is 2.59. The van der Waals surface area contributed by atoms with Gasteiger partial charge in [0, 0.05) is 5.57 Å². The van der Waals surface area contributed by atoms with Gasteiger partial charge in [-0.25, -0.2) is 4.79 Å². The first-order valence-corrected chi connectivity index (χ1v) is 6.51. The summed E-state index contributed by atoms with van der Waals surface area (Å²) in [6, 6.07) is 0. The Morgan fingerprint density at radius 2 is 1.69 bits per heavy atom. The molecule has 3 aliphatic rings. The SMILES string of the molecule is C=C(C)C(=O)OC1C[C@H]2[C@@H]3CC[C@@H](C3)[C@@H]2C1. The lowest BCUT2D eigenvalue weighted by molar-refractivity contribution is -0.144. The highest BCUT2D eigenvalue weighted by molar-refractivity contribution is 5.87. The second-order valence-electron chi connectivity index (χ2n) is 5.94. The van der Waals surface area contributed by atoms with Gasteiger partial charge in [-0.05, 0) is 62.7 Å². The van der Waals surface area contributed by atoms with Crippen LogP contribution in [-0.4, -0.2) is 12.1 Å². The minimum absolute atomic E-state index is 0.183. The fourth-order valence-electron chi connectivity index (χ4n) is 4.32. The molecule has 16 heavy (non-hydrogen) atoms. The molecule has 5 atom stereocenters. The maximum atomic E-state index is 11.5. The first-order valence-electron chi connectivity index (χ1n) is 6.51. The van der Waals surface area contributed by atoms with Crippen LogP contribution >= 0.6 is 0 Å². The van der Waals surface area contributed by atoms with Crippen molar-refractivity contribution in [1.29, 1.82) is 0 Å². The first-order chi connectivity index (χ1) is 7.65. The van der Waals surface area contributed by atoms with E-state index in [0.29, 0.717) is 5.57 Å². The van der Waals surface area contributed by atoms with E-state index < -0.39 is 0 Å². The van der Waals surface area contributed by atoms with Gasteiger partial charge in [0.05, 0.1) is 0 Å². The Bertz CT molecular complexity index is 316. The zero-order chi connectivity index (χ0) is 11.3. The second kappa shape index (κ2) is 3.61. The van der Waals surface area contributed by atoms with E-state index in [-0.39, 0.29) is 12.1 Å².